The van der Waals surface area contributed by atoms with Crippen LogP contribution in [0.15, 0.2) is 30.3 Å². The Kier molecular flexibility index (Phi) is 4.63. The van der Waals surface area contributed by atoms with Crippen LogP contribution in [0, 0.1) is 5.82 Å². The standard InChI is InChI=1S/C19H20FNO4/c1-11(22)18-13(20)5-4-6-14(18)21-9-12-16(24-2)7-8-17(25-3)19(12)15(23)10-21/h4-8,15,23H,9-10H2,1-3H3/t15-/m0/s1. The van der Waals surface area contributed by atoms with Crippen LogP contribution in [0.1, 0.15) is 34.5 Å². The fourth-order valence-corrected chi connectivity index (χ4v) is 3.38. The lowest BCUT2D eigenvalue weighted by Crippen LogP contribution is -2.35. The molecule has 0 unspecified atom stereocenters. The van der Waals surface area contributed by atoms with Crippen molar-refractivity contribution in [2.45, 2.75) is 19.6 Å². The Morgan fingerprint density at radius 3 is 2.52 bits per heavy atom. The van der Waals surface area contributed by atoms with E-state index < -0.39 is 11.9 Å². The predicted molar refractivity (Wildman–Crippen MR) is 92.0 cm³/mol. The molecule has 132 valence electrons. The third-order valence-corrected chi connectivity index (χ3v) is 4.47. The second kappa shape index (κ2) is 6.72. The number of anilines is 1. The molecule has 2 aromatic carbocycles. The summed E-state index contributed by atoms with van der Waals surface area (Å²) >= 11 is 0. The lowest BCUT2D eigenvalue weighted by Gasteiger charge is -2.36. The van der Waals surface area contributed by atoms with Crippen LogP contribution in [-0.4, -0.2) is 31.7 Å². The van der Waals surface area contributed by atoms with Gasteiger partial charge in [0.05, 0.1) is 25.5 Å². The Balaban J connectivity index is 2.11. The number of aliphatic hydroxyl groups excluding tert-OH is 1. The highest BCUT2D eigenvalue weighted by Gasteiger charge is 2.31. The fraction of sp³-hybridized carbons (Fsp3) is 0.316. The quantitative estimate of drug-likeness (QED) is 0.863. The van der Waals surface area contributed by atoms with E-state index in [0.29, 0.717) is 29.3 Å². The minimum atomic E-state index is -0.850. The van der Waals surface area contributed by atoms with Crippen molar-refractivity contribution in [2.24, 2.45) is 0 Å². The molecule has 1 heterocycles. The Morgan fingerprint density at radius 1 is 1.20 bits per heavy atom. The molecule has 25 heavy (non-hydrogen) atoms. The van der Waals surface area contributed by atoms with Gasteiger partial charge in [0, 0.05) is 24.2 Å². The molecule has 6 heteroatoms. The number of methoxy groups -OCH3 is 2. The lowest BCUT2D eigenvalue weighted by molar-refractivity contribution is 0.101. The van der Waals surface area contributed by atoms with Gasteiger partial charge in [-0.2, -0.15) is 0 Å². The summed E-state index contributed by atoms with van der Waals surface area (Å²) in [5.41, 5.74) is 1.92. The maximum absolute atomic E-state index is 14.2. The molecule has 1 aliphatic rings. The van der Waals surface area contributed by atoms with Crippen LogP contribution in [0.2, 0.25) is 0 Å². The molecule has 1 aliphatic heterocycles. The second-order valence-corrected chi connectivity index (χ2v) is 5.95. The molecule has 0 aromatic heterocycles. The Labute approximate surface area is 145 Å². The molecule has 0 radical (unpaired) electrons. The van der Waals surface area contributed by atoms with Gasteiger partial charge >= 0.3 is 0 Å². The van der Waals surface area contributed by atoms with Crippen molar-refractivity contribution in [2.75, 3.05) is 25.7 Å². The van der Waals surface area contributed by atoms with E-state index in [0.717, 1.165) is 5.56 Å². The van der Waals surface area contributed by atoms with Gasteiger partial charge in [-0.15, -0.1) is 0 Å². The van der Waals surface area contributed by atoms with Crippen molar-refractivity contribution < 1.29 is 23.8 Å². The number of halogens is 1. The van der Waals surface area contributed by atoms with Gasteiger partial charge in [-0.25, -0.2) is 4.39 Å². The minimum Gasteiger partial charge on any atom is -0.496 e. The highest BCUT2D eigenvalue weighted by atomic mass is 19.1. The van der Waals surface area contributed by atoms with Crippen molar-refractivity contribution in [1.82, 2.24) is 0 Å². The number of aliphatic hydroxyl groups is 1. The number of Topliss-reactive ketones (excluding diaryl/α,β-unsaturated/α-hetero) is 1. The summed E-state index contributed by atoms with van der Waals surface area (Å²) in [7, 11) is 3.10. The zero-order chi connectivity index (χ0) is 18.1. The molecule has 0 saturated carbocycles. The summed E-state index contributed by atoms with van der Waals surface area (Å²) in [4.78, 5) is 13.7. The molecule has 0 bridgehead atoms. The SMILES string of the molecule is COc1ccc(OC)c2c1CN(c1cccc(F)c1C(C)=O)C[C@@H]2O. The summed E-state index contributed by atoms with van der Waals surface area (Å²) in [6, 6.07) is 8.02. The molecule has 0 aliphatic carbocycles. The van der Waals surface area contributed by atoms with E-state index in [4.69, 9.17) is 9.47 Å². The van der Waals surface area contributed by atoms with E-state index in [1.165, 1.54) is 13.0 Å². The van der Waals surface area contributed by atoms with Crippen LogP contribution < -0.4 is 14.4 Å². The number of hydrogen-bond donors (Lipinski definition) is 1. The Hall–Kier alpha value is -2.60. The summed E-state index contributed by atoms with van der Waals surface area (Å²) in [5, 5.41) is 10.7. The molecule has 2 aromatic rings. The number of ether oxygens (including phenoxy) is 2. The maximum atomic E-state index is 14.2. The largest absolute Gasteiger partial charge is 0.496 e. The normalized spacial score (nSPS) is 16.4. The van der Waals surface area contributed by atoms with Crippen LogP contribution in [0.5, 0.6) is 11.5 Å². The number of carbonyl (C=O) groups excluding carboxylic acids is 1. The van der Waals surface area contributed by atoms with Crippen LogP contribution >= 0.6 is 0 Å². The van der Waals surface area contributed by atoms with Gasteiger partial charge in [-0.05, 0) is 31.2 Å². The first-order valence-corrected chi connectivity index (χ1v) is 7.94. The molecule has 1 atom stereocenters. The molecular formula is C19H20FNO4. The highest BCUT2D eigenvalue weighted by molar-refractivity contribution is 6.00. The van der Waals surface area contributed by atoms with E-state index in [1.54, 1.807) is 43.4 Å². The van der Waals surface area contributed by atoms with Gasteiger partial charge in [0.15, 0.2) is 5.78 Å². The van der Waals surface area contributed by atoms with Gasteiger partial charge < -0.3 is 19.5 Å². The molecule has 0 saturated heterocycles. The van der Waals surface area contributed by atoms with Crippen molar-refractivity contribution in [1.29, 1.82) is 0 Å². The fourth-order valence-electron chi connectivity index (χ4n) is 3.38. The summed E-state index contributed by atoms with van der Waals surface area (Å²) < 4.78 is 24.9. The number of hydrogen-bond acceptors (Lipinski definition) is 5. The lowest BCUT2D eigenvalue weighted by atomic mass is 9.94. The highest BCUT2D eigenvalue weighted by Crippen LogP contribution is 2.41. The maximum Gasteiger partial charge on any atom is 0.164 e. The molecule has 0 amide bonds. The third-order valence-electron chi connectivity index (χ3n) is 4.47. The van der Waals surface area contributed by atoms with Crippen molar-refractivity contribution in [3.8, 4) is 11.5 Å². The monoisotopic (exact) mass is 345 g/mol. The number of benzene rings is 2. The van der Waals surface area contributed by atoms with Crippen molar-refractivity contribution in [3.63, 3.8) is 0 Å². The third kappa shape index (κ3) is 2.93. The van der Waals surface area contributed by atoms with E-state index in [-0.39, 0.29) is 17.9 Å². The molecule has 3 rings (SSSR count). The van der Waals surface area contributed by atoms with Gasteiger partial charge in [0.25, 0.3) is 0 Å². The molecular weight excluding hydrogens is 325 g/mol. The number of rotatable bonds is 4. The first-order valence-electron chi connectivity index (χ1n) is 7.94. The number of β-amino-alcohol motifs (C(OH)–C–C–N with tert-alkyl or cyclic N) is 1. The summed E-state index contributed by atoms with van der Waals surface area (Å²) in [5.74, 6) is 0.267. The number of fused-ring (bicyclic) bond motifs is 1. The van der Waals surface area contributed by atoms with E-state index in [9.17, 15) is 14.3 Å². The minimum absolute atomic E-state index is 0.0278. The Morgan fingerprint density at radius 2 is 1.88 bits per heavy atom. The Bertz CT molecular complexity index is 821. The second-order valence-electron chi connectivity index (χ2n) is 5.95. The summed E-state index contributed by atoms with van der Waals surface area (Å²) in [6.45, 7) is 1.93. The molecule has 0 fully saturated rings. The first kappa shape index (κ1) is 17.2. The van der Waals surface area contributed by atoms with E-state index in [2.05, 4.69) is 0 Å². The smallest absolute Gasteiger partial charge is 0.164 e. The van der Waals surface area contributed by atoms with Gasteiger partial charge in [0.1, 0.15) is 23.4 Å². The van der Waals surface area contributed by atoms with Gasteiger partial charge in [0.2, 0.25) is 0 Å². The number of ketones is 1. The van der Waals surface area contributed by atoms with Crippen LogP contribution in [0.3, 0.4) is 0 Å². The van der Waals surface area contributed by atoms with Crippen LogP contribution in [-0.2, 0) is 6.54 Å². The molecule has 5 nitrogen and oxygen atoms in total. The first-order chi connectivity index (χ1) is 12.0. The van der Waals surface area contributed by atoms with Crippen LogP contribution in [0.4, 0.5) is 10.1 Å². The van der Waals surface area contributed by atoms with Gasteiger partial charge in [-0.3, -0.25) is 4.79 Å². The zero-order valence-corrected chi connectivity index (χ0v) is 14.4. The summed E-state index contributed by atoms with van der Waals surface area (Å²) in [6.07, 6.45) is -0.850. The molecule has 0 spiro atoms. The predicted octanol–water partition coefficient (Wildman–Crippen LogP) is 3.10. The topological polar surface area (TPSA) is 59.0 Å². The van der Waals surface area contributed by atoms with E-state index in [1.807, 2.05) is 0 Å². The van der Waals surface area contributed by atoms with Crippen molar-refractivity contribution in [3.05, 3.63) is 52.8 Å². The van der Waals surface area contributed by atoms with Gasteiger partial charge in [-0.1, -0.05) is 6.07 Å². The van der Waals surface area contributed by atoms with Crippen molar-refractivity contribution >= 4 is 11.5 Å². The molecule has 1 N–H and O–H groups in total. The number of nitrogens with zero attached hydrogens (tertiary/aromatic N) is 1. The zero-order valence-electron chi connectivity index (χ0n) is 14.4. The number of carbonyl (C=O) groups is 1. The van der Waals surface area contributed by atoms with Crippen LogP contribution in [0.25, 0.3) is 0 Å². The average Bonchev–Trinajstić information content (AvgIpc) is 2.60. The average molecular weight is 345 g/mol. The van der Waals surface area contributed by atoms with E-state index >= 15 is 0 Å².